The van der Waals surface area contributed by atoms with Crippen LogP contribution in [0.5, 0.6) is 0 Å². The maximum absolute atomic E-state index is 12.7. The molecule has 0 aliphatic heterocycles. The number of carbonyl (C=O) groups is 3. The molecule has 0 heterocycles. The largest absolute Gasteiger partial charge is 0.480 e. The van der Waals surface area contributed by atoms with Crippen molar-refractivity contribution in [3.8, 4) is 0 Å². The van der Waals surface area contributed by atoms with Gasteiger partial charge in [0.05, 0.1) is 0 Å². The highest BCUT2D eigenvalue weighted by atomic mass is 16.5. The van der Waals surface area contributed by atoms with Gasteiger partial charge in [0.15, 0.2) is 0 Å². The summed E-state index contributed by atoms with van der Waals surface area (Å²) < 4.78 is 5.99. The van der Waals surface area contributed by atoms with E-state index in [0.717, 1.165) is 83.5 Å². The Morgan fingerprint density at radius 2 is 1.02 bits per heavy atom. The number of allylic oxidation sites excluding steroid dienone is 6. The van der Waals surface area contributed by atoms with Crippen LogP contribution >= 0.6 is 0 Å². The second-order valence-corrected chi connectivity index (χ2v) is 13.2. The lowest BCUT2D eigenvalue weighted by atomic mass is 10.0. The van der Waals surface area contributed by atoms with Crippen LogP contribution in [0.4, 0.5) is 0 Å². The second kappa shape index (κ2) is 36.5. The third-order valence-corrected chi connectivity index (χ3v) is 8.52. The maximum Gasteiger partial charge on any atom is 0.322 e. The van der Waals surface area contributed by atoms with Gasteiger partial charge < -0.3 is 15.2 Å². The minimum Gasteiger partial charge on any atom is -0.480 e. The van der Waals surface area contributed by atoms with E-state index in [0.29, 0.717) is 12.8 Å². The standard InChI is InChI=1S/C41H73NO5/c1-3-5-7-9-11-13-15-16-17-18-19-20-22-25-29-33-38(34-30-26-24-27-31-35-39(43)42-37-40(44)45)47-41(46)36-32-28-23-21-14-12-10-8-6-4-2/h8,10,15-16,18-19,38H,3-7,9,11-14,17,20-37H2,1-2H3,(H,42,43)(H,44,45)/b10-8-,16-15-,19-18-. The summed E-state index contributed by atoms with van der Waals surface area (Å²) in [7, 11) is 0. The Morgan fingerprint density at radius 1 is 0.553 bits per heavy atom. The fraction of sp³-hybridized carbons (Fsp3) is 0.780. The highest BCUT2D eigenvalue weighted by Crippen LogP contribution is 2.18. The number of amides is 1. The average molecular weight is 660 g/mol. The second-order valence-electron chi connectivity index (χ2n) is 13.2. The molecule has 0 spiro atoms. The van der Waals surface area contributed by atoms with Gasteiger partial charge in [-0.25, -0.2) is 0 Å². The Balaban J connectivity index is 4.26. The summed E-state index contributed by atoms with van der Waals surface area (Å²) in [6, 6.07) is 0. The molecule has 6 nitrogen and oxygen atoms in total. The summed E-state index contributed by atoms with van der Waals surface area (Å²) in [6.45, 7) is 4.15. The minimum atomic E-state index is -1.02. The van der Waals surface area contributed by atoms with Crippen LogP contribution in [0, 0.1) is 0 Å². The molecule has 1 unspecified atom stereocenters. The van der Waals surface area contributed by atoms with E-state index < -0.39 is 5.97 Å². The molecule has 0 aromatic carbocycles. The Bertz CT molecular complexity index is 819. The van der Waals surface area contributed by atoms with Crippen molar-refractivity contribution in [2.24, 2.45) is 0 Å². The zero-order chi connectivity index (χ0) is 34.5. The molecule has 0 aliphatic carbocycles. The van der Waals surface area contributed by atoms with Crippen molar-refractivity contribution in [3.63, 3.8) is 0 Å². The molecule has 0 fully saturated rings. The third kappa shape index (κ3) is 36.3. The van der Waals surface area contributed by atoms with Gasteiger partial charge in [-0.15, -0.1) is 0 Å². The predicted molar refractivity (Wildman–Crippen MR) is 199 cm³/mol. The summed E-state index contributed by atoms with van der Waals surface area (Å²) in [5.41, 5.74) is 0. The molecule has 47 heavy (non-hydrogen) atoms. The number of aliphatic carboxylic acids is 1. The molecule has 0 aromatic heterocycles. The highest BCUT2D eigenvalue weighted by molar-refractivity contribution is 5.80. The van der Waals surface area contributed by atoms with Gasteiger partial charge in [-0.2, -0.15) is 0 Å². The summed E-state index contributed by atoms with van der Waals surface area (Å²) in [6.07, 6.45) is 44.0. The van der Waals surface area contributed by atoms with Crippen molar-refractivity contribution in [1.82, 2.24) is 5.32 Å². The number of rotatable bonds is 35. The van der Waals surface area contributed by atoms with Crippen LogP contribution in [0.3, 0.4) is 0 Å². The number of hydrogen-bond donors (Lipinski definition) is 2. The Morgan fingerprint density at radius 3 is 1.60 bits per heavy atom. The van der Waals surface area contributed by atoms with Crippen LogP contribution in [0.15, 0.2) is 36.5 Å². The van der Waals surface area contributed by atoms with E-state index in [1.54, 1.807) is 0 Å². The normalized spacial score (nSPS) is 12.4. The van der Waals surface area contributed by atoms with Crippen LogP contribution < -0.4 is 5.32 Å². The monoisotopic (exact) mass is 660 g/mol. The zero-order valence-corrected chi connectivity index (χ0v) is 30.6. The quantitative estimate of drug-likeness (QED) is 0.0401. The van der Waals surface area contributed by atoms with Crippen LogP contribution in [0.1, 0.15) is 194 Å². The fourth-order valence-electron chi connectivity index (χ4n) is 5.61. The molecule has 1 amide bonds. The van der Waals surface area contributed by atoms with Crippen LogP contribution in [-0.4, -0.2) is 35.6 Å². The van der Waals surface area contributed by atoms with E-state index >= 15 is 0 Å². The fourth-order valence-corrected chi connectivity index (χ4v) is 5.61. The first kappa shape index (κ1) is 44.6. The maximum atomic E-state index is 12.7. The smallest absolute Gasteiger partial charge is 0.322 e. The first-order valence-electron chi connectivity index (χ1n) is 19.6. The molecule has 0 aliphatic rings. The molecular formula is C41H73NO5. The van der Waals surface area contributed by atoms with E-state index in [2.05, 4.69) is 55.6 Å². The molecule has 0 bridgehead atoms. The van der Waals surface area contributed by atoms with Gasteiger partial charge in [0.1, 0.15) is 12.6 Å². The van der Waals surface area contributed by atoms with Gasteiger partial charge in [-0.05, 0) is 89.9 Å². The Labute approximate surface area is 289 Å². The first-order valence-corrected chi connectivity index (χ1v) is 19.6. The van der Waals surface area contributed by atoms with Crippen LogP contribution in [0.2, 0.25) is 0 Å². The number of carboxylic acids is 1. The van der Waals surface area contributed by atoms with Crippen molar-refractivity contribution >= 4 is 17.8 Å². The lowest BCUT2D eigenvalue weighted by Crippen LogP contribution is -2.28. The highest BCUT2D eigenvalue weighted by Gasteiger charge is 2.14. The van der Waals surface area contributed by atoms with E-state index in [1.807, 2.05) is 0 Å². The topological polar surface area (TPSA) is 92.7 Å². The number of hydrogen-bond acceptors (Lipinski definition) is 4. The lowest BCUT2D eigenvalue weighted by molar-refractivity contribution is -0.150. The molecule has 0 radical (unpaired) electrons. The summed E-state index contributed by atoms with van der Waals surface area (Å²) in [4.78, 5) is 34.9. The van der Waals surface area contributed by atoms with E-state index in [1.165, 1.54) is 83.5 Å². The van der Waals surface area contributed by atoms with Crippen molar-refractivity contribution in [2.45, 2.75) is 200 Å². The number of ether oxygens (including phenoxy) is 1. The minimum absolute atomic E-state index is 0.00172. The number of esters is 1. The van der Waals surface area contributed by atoms with Crippen molar-refractivity contribution in [1.29, 1.82) is 0 Å². The summed E-state index contributed by atoms with van der Waals surface area (Å²) in [5.74, 6) is -1.26. The molecule has 272 valence electrons. The number of carboxylic acid groups (broad SMARTS) is 1. The van der Waals surface area contributed by atoms with Crippen molar-refractivity contribution < 1.29 is 24.2 Å². The predicted octanol–water partition coefficient (Wildman–Crippen LogP) is 11.7. The average Bonchev–Trinajstić information content (AvgIpc) is 3.05. The van der Waals surface area contributed by atoms with Gasteiger partial charge in [0, 0.05) is 12.8 Å². The van der Waals surface area contributed by atoms with Gasteiger partial charge >= 0.3 is 11.9 Å². The first-order chi connectivity index (χ1) is 23.0. The van der Waals surface area contributed by atoms with Gasteiger partial charge in [-0.1, -0.05) is 127 Å². The Hall–Kier alpha value is -2.37. The van der Waals surface area contributed by atoms with Gasteiger partial charge in [0.25, 0.3) is 0 Å². The number of unbranched alkanes of at least 4 members (excludes halogenated alkanes) is 18. The molecule has 6 heteroatoms. The van der Waals surface area contributed by atoms with E-state index in [4.69, 9.17) is 9.84 Å². The van der Waals surface area contributed by atoms with Crippen molar-refractivity contribution in [2.75, 3.05) is 6.54 Å². The van der Waals surface area contributed by atoms with Crippen LogP contribution in [0.25, 0.3) is 0 Å². The SMILES string of the molecule is CCC/C=C\CCCCCCCC(=O)OC(CCCCC/C=C\C/C=C\CCCCCCC)CCCCCCCC(=O)NCC(=O)O. The number of nitrogens with one attached hydrogen (secondary N) is 1. The number of carbonyl (C=O) groups excluding carboxylic acids is 2. The molecular weight excluding hydrogens is 586 g/mol. The molecule has 1 atom stereocenters. The van der Waals surface area contributed by atoms with Crippen LogP contribution in [-0.2, 0) is 19.1 Å². The molecule has 2 N–H and O–H groups in total. The van der Waals surface area contributed by atoms with E-state index in [9.17, 15) is 14.4 Å². The van der Waals surface area contributed by atoms with Gasteiger partial charge in [0.2, 0.25) is 5.91 Å². The summed E-state index contributed by atoms with van der Waals surface area (Å²) >= 11 is 0. The summed E-state index contributed by atoms with van der Waals surface area (Å²) in [5, 5.41) is 11.1. The third-order valence-electron chi connectivity index (χ3n) is 8.52. The molecule has 0 saturated heterocycles. The van der Waals surface area contributed by atoms with E-state index in [-0.39, 0.29) is 24.5 Å². The molecule has 0 aromatic rings. The lowest BCUT2D eigenvalue weighted by Gasteiger charge is -2.18. The molecule has 0 saturated carbocycles. The Kier molecular flexibility index (Phi) is 34.6. The zero-order valence-electron chi connectivity index (χ0n) is 30.6. The van der Waals surface area contributed by atoms with Crippen molar-refractivity contribution in [3.05, 3.63) is 36.5 Å². The molecule has 0 rings (SSSR count). The van der Waals surface area contributed by atoms with Gasteiger partial charge in [-0.3, -0.25) is 14.4 Å².